The zero-order chi connectivity index (χ0) is 30.1. The van der Waals surface area contributed by atoms with E-state index >= 15 is 0 Å². The summed E-state index contributed by atoms with van der Waals surface area (Å²) in [6, 6.07) is 1.86. The Labute approximate surface area is 233 Å². The lowest BCUT2D eigenvalue weighted by molar-refractivity contribution is -0.145. The van der Waals surface area contributed by atoms with E-state index < -0.39 is 59.9 Å². The average molecular weight is 572 g/mol. The van der Waals surface area contributed by atoms with Gasteiger partial charge in [-0.2, -0.15) is 0 Å². The number of carboxylic acids is 2. The number of para-hydroxylation sites is 1. The predicted molar refractivity (Wildman–Crippen MR) is 144 cm³/mol. The third-order valence-electron chi connectivity index (χ3n) is 6.40. The summed E-state index contributed by atoms with van der Waals surface area (Å²) in [4.78, 5) is 71.8. The number of fused-ring (bicyclic) bond motifs is 1. The first-order valence-corrected chi connectivity index (χ1v) is 12.8. The van der Waals surface area contributed by atoms with Gasteiger partial charge >= 0.3 is 11.9 Å². The molecule has 3 aromatic rings. The molecule has 3 amide bonds. The number of aliphatic carboxylic acids is 2. The highest BCUT2D eigenvalue weighted by atomic mass is 16.4. The molecule has 10 N–H and O–H groups in total. The number of carbonyl (C=O) groups excluding carboxylic acids is 3. The molecule has 0 saturated heterocycles. The molecule has 0 aliphatic heterocycles. The molecular formula is C26H33N7O8. The molecule has 15 heteroatoms. The number of aliphatic hydroxyl groups is 1. The number of amides is 3. The summed E-state index contributed by atoms with van der Waals surface area (Å²) in [6.45, 7) is 1.20. The molecule has 5 unspecified atom stereocenters. The van der Waals surface area contributed by atoms with Crippen molar-refractivity contribution in [1.29, 1.82) is 0 Å². The van der Waals surface area contributed by atoms with Gasteiger partial charge in [0.05, 0.1) is 18.5 Å². The van der Waals surface area contributed by atoms with Crippen molar-refractivity contribution in [2.24, 2.45) is 5.73 Å². The molecule has 0 aliphatic rings. The van der Waals surface area contributed by atoms with Crippen molar-refractivity contribution >= 4 is 40.6 Å². The quantitative estimate of drug-likeness (QED) is 0.105. The lowest BCUT2D eigenvalue weighted by Gasteiger charge is -2.25. The number of benzene rings is 1. The number of hydrogen-bond donors (Lipinski definition) is 9. The second-order valence-corrected chi connectivity index (χ2v) is 9.57. The molecule has 2 heterocycles. The standard InChI is InChI=1S/C26H33N7O8/c1-13(34)22(26(40)41)33-25(39)20(9-15-11-28-12-30-15)32-24(38)19(31-23(37)17(27)6-7-21(35)36)8-14-10-29-18-5-3-2-4-16(14)18/h2-5,10-13,17,19-20,22,29,34H,6-9,27H2,1H3,(H,28,30)(H,31,37)(H,32,38)(H,33,39)(H,35,36)(H,40,41). The zero-order valence-electron chi connectivity index (χ0n) is 22.2. The Morgan fingerprint density at radius 3 is 2.24 bits per heavy atom. The van der Waals surface area contributed by atoms with E-state index in [-0.39, 0.29) is 25.7 Å². The van der Waals surface area contributed by atoms with Gasteiger partial charge in [0.1, 0.15) is 12.1 Å². The Bertz CT molecular complexity index is 1370. The number of nitrogens with one attached hydrogen (secondary N) is 5. The van der Waals surface area contributed by atoms with E-state index in [9.17, 15) is 34.2 Å². The largest absolute Gasteiger partial charge is 0.481 e. The first-order chi connectivity index (χ1) is 19.5. The Morgan fingerprint density at radius 2 is 1.61 bits per heavy atom. The van der Waals surface area contributed by atoms with Crippen LogP contribution >= 0.6 is 0 Å². The number of imidazole rings is 1. The van der Waals surface area contributed by atoms with E-state index in [1.165, 1.54) is 19.4 Å². The van der Waals surface area contributed by atoms with Gasteiger partial charge < -0.3 is 47.0 Å². The number of H-pyrrole nitrogens is 2. The van der Waals surface area contributed by atoms with Crippen LogP contribution in [0.15, 0.2) is 43.0 Å². The van der Waals surface area contributed by atoms with Crippen molar-refractivity contribution in [2.75, 3.05) is 0 Å². The summed E-state index contributed by atoms with van der Waals surface area (Å²) in [5, 5.41) is 36.2. The van der Waals surface area contributed by atoms with Crippen LogP contribution in [0.4, 0.5) is 0 Å². The van der Waals surface area contributed by atoms with Crippen LogP contribution in [0.3, 0.4) is 0 Å². The van der Waals surface area contributed by atoms with E-state index in [1.54, 1.807) is 12.3 Å². The van der Waals surface area contributed by atoms with E-state index in [4.69, 9.17) is 10.8 Å². The van der Waals surface area contributed by atoms with Crippen LogP contribution in [0, 0.1) is 0 Å². The molecule has 5 atom stereocenters. The molecule has 1 aromatic carbocycles. The number of aromatic amines is 2. The molecule has 0 saturated carbocycles. The van der Waals surface area contributed by atoms with Crippen molar-refractivity contribution < 1.29 is 39.3 Å². The van der Waals surface area contributed by atoms with Crippen LogP contribution in [0.1, 0.15) is 31.0 Å². The normalized spacial score (nSPS) is 14.8. The number of rotatable bonds is 15. The molecule has 0 spiro atoms. The van der Waals surface area contributed by atoms with Crippen molar-refractivity contribution in [2.45, 2.75) is 62.9 Å². The second kappa shape index (κ2) is 14.0. The molecule has 2 aromatic heterocycles. The molecule has 0 radical (unpaired) electrons. The van der Waals surface area contributed by atoms with Crippen molar-refractivity contribution in [3.63, 3.8) is 0 Å². The van der Waals surface area contributed by atoms with Gasteiger partial charge in [-0.05, 0) is 25.0 Å². The molecule has 220 valence electrons. The highest BCUT2D eigenvalue weighted by molar-refractivity contribution is 5.95. The topological polar surface area (TPSA) is 253 Å². The maximum atomic E-state index is 13.6. The lowest BCUT2D eigenvalue weighted by atomic mass is 10.0. The fourth-order valence-corrected chi connectivity index (χ4v) is 4.16. The summed E-state index contributed by atoms with van der Waals surface area (Å²) in [7, 11) is 0. The third-order valence-corrected chi connectivity index (χ3v) is 6.40. The minimum atomic E-state index is -1.64. The summed E-state index contributed by atoms with van der Waals surface area (Å²) in [5.74, 6) is -5.04. The van der Waals surface area contributed by atoms with E-state index in [1.807, 2.05) is 18.2 Å². The van der Waals surface area contributed by atoms with Gasteiger partial charge in [0, 0.05) is 48.3 Å². The van der Waals surface area contributed by atoms with Crippen LogP contribution in [0.5, 0.6) is 0 Å². The van der Waals surface area contributed by atoms with Gasteiger partial charge in [0.2, 0.25) is 17.7 Å². The highest BCUT2D eigenvalue weighted by Gasteiger charge is 2.32. The van der Waals surface area contributed by atoms with Gasteiger partial charge in [-0.15, -0.1) is 0 Å². The van der Waals surface area contributed by atoms with Crippen LogP contribution in [0.2, 0.25) is 0 Å². The molecule has 0 aliphatic carbocycles. The maximum Gasteiger partial charge on any atom is 0.328 e. The first kappa shape index (κ1) is 30.8. The van der Waals surface area contributed by atoms with Gasteiger partial charge in [-0.25, -0.2) is 9.78 Å². The minimum absolute atomic E-state index is 0.0168. The average Bonchev–Trinajstić information content (AvgIpc) is 3.59. The highest BCUT2D eigenvalue weighted by Crippen LogP contribution is 2.19. The minimum Gasteiger partial charge on any atom is -0.481 e. The Hall–Kier alpha value is -4.76. The first-order valence-electron chi connectivity index (χ1n) is 12.8. The number of carboxylic acid groups (broad SMARTS) is 2. The molecule has 41 heavy (non-hydrogen) atoms. The summed E-state index contributed by atoms with van der Waals surface area (Å²) >= 11 is 0. The number of aromatic nitrogens is 3. The van der Waals surface area contributed by atoms with Crippen LogP contribution < -0.4 is 21.7 Å². The predicted octanol–water partition coefficient (Wildman–Crippen LogP) is -1.21. The molecule has 0 fully saturated rings. The van der Waals surface area contributed by atoms with Crippen molar-refractivity contribution in [3.05, 3.63) is 54.2 Å². The van der Waals surface area contributed by atoms with Gasteiger partial charge in [-0.1, -0.05) is 18.2 Å². The molecule has 3 rings (SSSR count). The van der Waals surface area contributed by atoms with Crippen LogP contribution in [-0.2, 0) is 36.8 Å². The van der Waals surface area contributed by atoms with Gasteiger partial charge in [0.25, 0.3) is 0 Å². The molecule has 0 bridgehead atoms. The van der Waals surface area contributed by atoms with Gasteiger partial charge in [-0.3, -0.25) is 19.2 Å². The maximum absolute atomic E-state index is 13.6. The zero-order valence-corrected chi connectivity index (χ0v) is 22.2. The Balaban J connectivity index is 1.86. The van der Waals surface area contributed by atoms with E-state index in [0.29, 0.717) is 11.3 Å². The third kappa shape index (κ3) is 8.61. The number of aliphatic hydroxyl groups excluding tert-OH is 1. The number of carbonyl (C=O) groups is 5. The van der Waals surface area contributed by atoms with Crippen molar-refractivity contribution in [3.8, 4) is 0 Å². The fourth-order valence-electron chi connectivity index (χ4n) is 4.16. The number of nitrogens with two attached hydrogens (primary N) is 1. The smallest absolute Gasteiger partial charge is 0.328 e. The SMILES string of the molecule is CC(O)C(NC(=O)C(Cc1cnc[nH]1)NC(=O)C(Cc1c[nH]c2ccccc12)NC(=O)C(N)CCC(=O)O)C(=O)O. The number of nitrogens with zero attached hydrogens (tertiary/aromatic N) is 1. The summed E-state index contributed by atoms with van der Waals surface area (Å²) < 4.78 is 0. The molecular weight excluding hydrogens is 538 g/mol. The monoisotopic (exact) mass is 571 g/mol. The Kier molecular flexibility index (Phi) is 10.5. The van der Waals surface area contributed by atoms with E-state index in [2.05, 4.69) is 30.9 Å². The Morgan fingerprint density at radius 1 is 0.951 bits per heavy atom. The molecule has 15 nitrogen and oxygen atoms in total. The van der Waals surface area contributed by atoms with Gasteiger partial charge in [0.15, 0.2) is 6.04 Å². The fraction of sp³-hybridized carbons (Fsp3) is 0.385. The summed E-state index contributed by atoms with van der Waals surface area (Å²) in [5.41, 5.74) is 7.78. The van der Waals surface area contributed by atoms with Crippen LogP contribution in [-0.4, -0.2) is 90.2 Å². The lowest BCUT2D eigenvalue weighted by Crippen LogP contribution is -2.59. The van der Waals surface area contributed by atoms with Crippen LogP contribution in [0.25, 0.3) is 10.9 Å². The van der Waals surface area contributed by atoms with E-state index in [0.717, 1.165) is 10.9 Å². The summed E-state index contributed by atoms with van der Waals surface area (Å²) in [6.07, 6.45) is 2.38. The van der Waals surface area contributed by atoms with Crippen molar-refractivity contribution in [1.82, 2.24) is 30.9 Å². The number of hydrogen-bond acceptors (Lipinski definition) is 8. The second-order valence-electron chi connectivity index (χ2n) is 9.57.